The van der Waals surface area contributed by atoms with Gasteiger partial charge in [0, 0.05) is 6.42 Å². The molecule has 5 N–H and O–H groups in total. The van der Waals surface area contributed by atoms with Gasteiger partial charge in [0.1, 0.15) is 30.2 Å². The molecule has 7 nitrogen and oxygen atoms in total. The molecule has 21 heavy (non-hydrogen) atoms. The molecule has 1 rings (SSSR count). The molecule has 1 aromatic rings. The minimum Gasteiger partial charge on any atom is -0.497 e. The molecule has 4 unspecified atom stereocenters. The summed E-state index contributed by atoms with van der Waals surface area (Å²) in [5.74, 6) is -0.0925. The number of carbonyl (C=O) groups is 1. The van der Waals surface area contributed by atoms with Crippen LogP contribution in [0.25, 0.3) is 0 Å². The number of ether oxygens (including phenoxy) is 1. The molecule has 0 aliphatic rings. The highest BCUT2D eigenvalue weighted by Crippen LogP contribution is 2.14. The molecule has 0 aliphatic carbocycles. The van der Waals surface area contributed by atoms with E-state index in [1.165, 1.54) is 7.11 Å². The van der Waals surface area contributed by atoms with E-state index in [1.807, 2.05) is 0 Å². The highest BCUT2D eigenvalue weighted by Gasteiger charge is 2.33. The van der Waals surface area contributed by atoms with Crippen LogP contribution < -0.4 is 4.74 Å². The summed E-state index contributed by atoms with van der Waals surface area (Å²) in [6, 6.07) is 6.56. The average molecular weight is 300 g/mol. The first-order chi connectivity index (χ1) is 9.90. The van der Waals surface area contributed by atoms with E-state index < -0.39 is 36.8 Å². The lowest BCUT2D eigenvalue weighted by molar-refractivity contribution is -0.146. The van der Waals surface area contributed by atoms with E-state index in [-0.39, 0.29) is 6.42 Å². The van der Waals surface area contributed by atoms with Gasteiger partial charge >= 0.3 is 0 Å². The van der Waals surface area contributed by atoms with E-state index in [0.29, 0.717) is 11.3 Å². The van der Waals surface area contributed by atoms with Crippen LogP contribution in [0.2, 0.25) is 0 Å². The van der Waals surface area contributed by atoms with Crippen molar-refractivity contribution in [1.82, 2.24) is 0 Å². The Bertz CT molecular complexity index is 445. The van der Waals surface area contributed by atoms with Crippen LogP contribution in [-0.2, 0) is 11.2 Å². The number of aliphatic hydroxyl groups excluding tert-OH is 5. The second-order valence-electron chi connectivity index (χ2n) is 4.67. The summed E-state index contributed by atoms with van der Waals surface area (Å²) in [4.78, 5) is 11.8. The van der Waals surface area contributed by atoms with Crippen LogP contribution >= 0.6 is 0 Å². The monoisotopic (exact) mass is 300 g/mol. The Kier molecular flexibility index (Phi) is 6.73. The normalized spacial score (nSPS) is 16.9. The first-order valence-electron chi connectivity index (χ1n) is 6.39. The van der Waals surface area contributed by atoms with E-state index in [9.17, 15) is 25.2 Å². The Hall–Kier alpha value is -1.51. The van der Waals surface area contributed by atoms with E-state index >= 15 is 0 Å². The number of aliphatic hydroxyl groups is 5. The number of hydrogen-bond acceptors (Lipinski definition) is 7. The molecule has 7 heteroatoms. The summed E-state index contributed by atoms with van der Waals surface area (Å²) in [7, 11) is 1.51. The zero-order valence-corrected chi connectivity index (χ0v) is 11.6. The standard InChI is InChI=1S/C14H20O7/c1-21-9-4-2-8(3-5-9)6-10(16)12(18)14(20)13(19)11(17)7-15/h2-5,11-15,17-20H,6-7H2,1H3. The van der Waals surface area contributed by atoms with Crippen molar-refractivity contribution in [3.8, 4) is 5.75 Å². The zero-order valence-electron chi connectivity index (χ0n) is 11.6. The molecule has 4 atom stereocenters. The molecular formula is C14H20O7. The Morgan fingerprint density at radius 3 is 2.14 bits per heavy atom. The number of rotatable bonds is 8. The third-order valence-electron chi connectivity index (χ3n) is 3.12. The maximum atomic E-state index is 11.8. The van der Waals surface area contributed by atoms with Crippen LogP contribution in [0.1, 0.15) is 5.56 Å². The Morgan fingerprint density at radius 2 is 1.67 bits per heavy atom. The largest absolute Gasteiger partial charge is 0.497 e. The lowest BCUT2D eigenvalue weighted by Gasteiger charge is -2.24. The van der Waals surface area contributed by atoms with Crippen LogP contribution in [0.15, 0.2) is 24.3 Å². The molecule has 0 aliphatic heterocycles. The molecule has 1 aromatic carbocycles. The van der Waals surface area contributed by atoms with Crippen LogP contribution in [0.5, 0.6) is 5.75 Å². The van der Waals surface area contributed by atoms with Crippen LogP contribution in [-0.4, -0.2) is 69.4 Å². The molecule has 0 fully saturated rings. The number of hydrogen-bond donors (Lipinski definition) is 5. The van der Waals surface area contributed by atoms with E-state index in [1.54, 1.807) is 24.3 Å². The van der Waals surface area contributed by atoms with Gasteiger partial charge in [-0.3, -0.25) is 4.79 Å². The number of carbonyl (C=O) groups excluding carboxylic acids is 1. The van der Waals surface area contributed by atoms with Gasteiger partial charge in [0.25, 0.3) is 0 Å². The smallest absolute Gasteiger partial charge is 0.168 e. The van der Waals surface area contributed by atoms with Crippen molar-refractivity contribution in [1.29, 1.82) is 0 Å². The van der Waals surface area contributed by atoms with Crippen molar-refractivity contribution in [3.05, 3.63) is 29.8 Å². The maximum absolute atomic E-state index is 11.8. The summed E-state index contributed by atoms with van der Waals surface area (Å²) in [6.45, 7) is -0.794. The maximum Gasteiger partial charge on any atom is 0.168 e. The fourth-order valence-electron chi connectivity index (χ4n) is 1.76. The summed E-state index contributed by atoms with van der Waals surface area (Å²) in [5.41, 5.74) is 0.601. The highest BCUT2D eigenvalue weighted by atomic mass is 16.5. The molecule has 0 heterocycles. The van der Waals surface area contributed by atoms with Crippen molar-refractivity contribution >= 4 is 5.78 Å². The molecule has 118 valence electrons. The minimum atomic E-state index is -1.88. The Morgan fingerprint density at radius 1 is 1.10 bits per heavy atom. The highest BCUT2D eigenvalue weighted by molar-refractivity contribution is 5.85. The molecule has 0 amide bonds. The third kappa shape index (κ3) is 4.76. The van der Waals surface area contributed by atoms with Crippen molar-refractivity contribution in [2.24, 2.45) is 0 Å². The van der Waals surface area contributed by atoms with Gasteiger partial charge in [-0.2, -0.15) is 0 Å². The summed E-state index contributed by atoms with van der Waals surface area (Å²) in [5, 5.41) is 46.6. The van der Waals surface area contributed by atoms with E-state index in [0.717, 1.165) is 0 Å². The zero-order chi connectivity index (χ0) is 16.0. The quantitative estimate of drug-likeness (QED) is 0.385. The van der Waals surface area contributed by atoms with Crippen molar-refractivity contribution in [2.75, 3.05) is 13.7 Å². The van der Waals surface area contributed by atoms with Crippen LogP contribution in [0.3, 0.4) is 0 Å². The second-order valence-corrected chi connectivity index (χ2v) is 4.67. The van der Waals surface area contributed by atoms with Gasteiger partial charge in [0.15, 0.2) is 5.78 Å². The lowest BCUT2D eigenvalue weighted by Crippen LogP contribution is -2.49. The van der Waals surface area contributed by atoms with Crippen molar-refractivity contribution < 1.29 is 35.1 Å². The average Bonchev–Trinajstić information content (AvgIpc) is 2.52. The van der Waals surface area contributed by atoms with Crippen LogP contribution in [0.4, 0.5) is 0 Å². The van der Waals surface area contributed by atoms with Gasteiger partial charge in [-0.15, -0.1) is 0 Å². The first-order valence-corrected chi connectivity index (χ1v) is 6.39. The van der Waals surface area contributed by atoms with Crippen LogP contribution in [0, 0.1) is 0 Å². The lowest BCUT2D eigenvalue weighted by atomic mass is 9.97. The molecule has 0 spiro atoms. The topological polar surface area (TPSA) is 127 Å². The van der Waals surface area contributed by atoms with Gasteiger partial charge in [-0.1, -0.05) is 12.1 Å². The van der Waals surface area contributed by atoms with Gasteiger partial charge in [-0.25, -0.2) is 0 Å². The molecule has 0 radical (unpaired) electrons. The summed E-state index contributed by atoms with van der Waals surface area (Å²) >= 11 is 0. The number of methoxy groups -OCH3 is 1. The molecular weight excluding hydrogens is 280 g/mol. The minimum absolute atomic E-state index is 0.149. The van der Waals surface area contributed by atoms with Crippen molar-refractivity contribution in [3.63, 3.8) is 0 Å². The van der Waals surface area contributed by atoms with Gasteiger partial charge in [-0.05, 0) is 17.7 Å². The molecule has 0 saturated carbocycles. The third-order valence-corrected chi connectivity index (χ3v) is 3.12. The number of Topliss-reactive ketones (excluding diaryl/α,β-unsaturated/α-hetero) is 1. The number of benzene rings is 1. The summed E-state index contributed by atoms with van der Waals surface area (Å²) < 4.78 is 4.97. The van der Waals surface area contributed by atoms with E-state index in [2.05, 4.69) is 0 Å². The van der Waals surface area contributed by atoms with Gasteiger partial charge in [0.2, 0.25) is 0 Å². The van der Waals surface area contributed by atoms with Crippen molar-refractivity contribution in [2.45, 2.75) is 30.8 Å². The SMILES string of the molecule is COc1ccc(CC(=O)C(O)C(O)C(O)C(O)CO)cc1. The number of ketones is 1. The molecule has 0 aromatic heterocycles. The fraction of sp³-hybridized carbons (Fsp3) is 0.500. The predicted octanol–water partition coefficient (Wildman–Crippen LogP) is -1.76. The fourth-order valence-corrected chi connectivity index (χ4v) is 1.76. The first kappa shape index (κ1) is 17.5. The van der Waals surface area contributed by atoms with Gasteiger partial charge < -0.3 is 30.3 Å². The Labute approximate surface area is 122 Å². The molecule has 0 bridgehead atoms. The predicted molar refractivity (Wildman–Crippen MR) is 72.8 cm³/mol. The summed E-state index contributed by atoms with van der Waals surface area (Å²) in [6.07, 6.45) is -7.33. The second kappa shape index (κ2) is 8.06. The van der Waals surface area contributed by atoms with Gasteiger partial charge in [0.05, 0.1) is 13.7 Å². The Balaban J connectivity index is 2.64. The van der Waals surface area contributed by atoms with E-state index in [4.69, 9.17) is 9.84 Å². The molecule has 0 saturated heterocycles.